The zero-order chi connectivity index (χ0) is 16.9. The predicted molar refractivity (Wildman–Crippen MR) is 91.8 cm³/mol. The molecule has 0 aromatic carbocycles. The highest BCUT2D eigenvalue weighted by molar-refractivity contribution is 5.78. The Morgan fingerprint density at radius 3 is 2.30 bits per heavy atom. The summed E-state index contributed by atoms with van der Waals surface area (Å²) >= 11 is 0. The Balaban J connectivity index is 1.77. The fraction of sp³-hybridized carbons (Fsp3) is 0.889. The van der Waals surface area contributed by atoms with Gasteiger partial charge in [-0.1, -0.05) is 33.1 Å². The van der Waals surface area contributed by atoms with Gasteiger partial charge in [0, 0.05) is 31.5 Å². The Morgan fingerprint density at radius 2 is 1.78 bits per heavy atom. The molecule has 2 amide bonds. The van der Waals surface area contributed by atoms with Gasteiger partial charge in [0.25, 0.3) is 0 Å². The third kappa shape index (κ3) is 4.93. The number of hydrogen-bond donors (Lipinski definition) is 2. The molecule has 1 saturated carbocycles. The van der Waals surface area contributed by atoms with Crippen LogP contribution in [-0.2, 0) is 9.59 Å². The van der Waals surface area contributed by atoms with Gasteiger partial charge in [-0.25, -0.2) is 0 Å². The van der Waals surface area contributed by atoms with Crippen molar-refractivity contribution in [2.45, 2.75) is 71.3 Å². The van der Waals surface area contributed by atoms with Crippen LogP contribution in [0.3, 0.4) is 0 Å². The molecule has 2 aliphatic rings. The maximum Gasteiger partial charge on any atom is 0.225 e. The molecule has 0 unspecified atom stereocenters. The van der Waals surface area contributed by atoms with Crippen LogP contribution in [0.2, 0.25) is 0 Å². The Hall–Kier alpha value is -1.10. The number of hydrogen-bond acceptors (Lipinski definition) is 3. The lowest BCUT2D eigenvalue weighted by molar-refractivity contribution is -0.135. The van der Waals surface area contributed by atoms with Crippen molar-refractivity contribution < 1.29 is 9.59 Å². The molecule has 0 aromatic rings. The molecule has 2 rings (SSSR count). The predicted octanol–water partition coefficient (Wildman–Crippen LogP) is 2.05. The fourth-order valence-corrected chi connectivity index (χ4v) is 3.98. The number of piperidine rings is 1. The minimum atomic E-state index is 0.0244. The first kappa shape index (κ1) is 18.2. The SMILES string of the molecule is CC(C)C(=O)N1CCC(NC(=O)CC2(CN)CCCCC2)CC1. The second-order valence-electron chi connectivity index (χ2n) is 7.76. The first-order valence-electron chi connectivity index (χ1n) is 9.24. The summed E-state index contributed by atoms with van der Waals surface area (Å²) in [5.41, 5.74) is 6.00. The zero-order valence-corrected chi connectivity index (χ0v) is 14.8. The van der Waals surface area contributed by atoms with Crippen molar-refractivity contribution in [1.82, 2.24) is 10.2 Å². The van der Waals surface area contributed by atoms with Gasteiger partial charge in [0.2, 0.25) is 11.8 Å². The van der Waals surface area contributed by atoms with Crippen molar-refractivity contribution in [1.29, 1.82) is 0 Å². The number of nitrogens with one attached hydrogen (secondary N) is 1. The monoisotopic (exact) mass is 323 g/mol. The third-order valence-electron chi connectivity index (χ3n) is 5.55. The number of carbonyl (C=O) groups is 2. The van der Waals surface area contributed by atoms with Crippen molar-refractivity contribution in [3.8, 4) is 0 Å². The first-order chi connectivity index (χ1) is 11.0. The molecule has 23 heavy (non-hydrogen) atoms. The summed E-state index contributed by atoms with van der Waals surface area (Å²) in [6.45, 7) is 6.00. The summed E-state index contributed by atoms with van der Waals surface area (Å²) in [5.74, 6) is 0.418. The second kappa shape index (κ2) is 8.13. The quantitative estimate of drug-likeness (QED) is 0.813. The van der Waals surface area contributed by atoms with E-state index in [9.17, 15) is 9.59 Å². The van der Waals surface area contributed by atoms with Crippen molar-refractivity contribution in [3.63, 3.8) is 0 Å². The van der Waals surface area contributed by atoms with Crippen LogP contribution in [0.5, 0.6) is 0 Å². The van der Waals surface area contributed by atoms with E-state index in [0.717, 1.165) is 38.8 Å². The average molecular weight is 323 g/mol. The molecule has 1 saturated heterocycles. The van der Waals surface area contributed by atoms with Gasteiger partial charge in [-0.3, -0.25) is 9.59 Å². The van der Waals surface area contributed by atoms with Crippen LogP contribution in [0.15, 0.2) is 0 Å². The number of nitrogens with two attached hydrogens (primary N) is 1. The van der Waals surface area contributed by atoms with Crippen LogP contribution >= 0.6 is 0 Å². The molecule has 3 N–H and O–H groups in total. The summed E-state index contributed by atoms with van der Waals surface area (Å²) in [4.78, 5) is 26.3. The maximum absolute atomic E-state index is 12.4. The molecule has 5 nitrogen and oxygen atoms in total. The third-order valence-corrected chi connectivity index (χ3v) is 5.55. The van der Waals surface area contributed by atoms with Crippen LogP contribution in [-0.4, -0.2) is 42.4 Å². The molecule has 0 bridgehead atoms. The Labute approximate surface area is 140 Å². The van der Waals surface area contributed by atoms with Gasteiger partial charge in [-0.05, 0) is 37.6 Å². The van der Waals surface area contributed by atoms with Crippen LogP contribution < -0.4 is 11.1 Å². The number of rotatable bonds is 5. The smallest absolute Gasteiger partial charge is 0.225 e. The highest BCUT2D eigenvalue weighted by Gasteiger charge is 2.34. The molecule has 0 aromatic heterocycles. The standard InChI is InChI=1S/C18H33N3O2/c1-14(2)17(23)21-10-6-15(7-11-21)20-16(22)12-18(13-19)8-4-3-5-9-18/h14-15H,3-13,19H2,1-2H3,(H,20,22). The second-order valence-corrected chi connectivity index (χ2v) is 7.76. The normalized spacial score (nSPS) is 22.2. The molecule has 0 spiro atoms. The lowest BCUT2D eigenvalue weighted by Crippen LogP contribution is -2.48. The summed E-state index contributed by atoms with van der Waals surface area (Å²) in [5, 5.41) is 3.18. The molecule has 1 aliphatic carbocycles. The Morgan fingerprint density at radius 1 is 1.17 bits per heavy atom. The van der Waals surface area contributed by atoms with Gasteiger partial charge in [0.1, 0.15) is 0 Å². The number of carbonyl (C=O) groups excluding carboxylic acids is 2. The Bertz CT molecular complexity index is 408. The molecule has 1 aliphatic heterocycles. The summed E-state index contributed by atoms with van der Waals surface area (Å²) in [6, 6.07) is 0.206. The highest BCUT2D eigenvalue weighted by Crippen LogP contribution is 2.38. The van der Waals surface area contributed by atoms with E-state index in [1.54, 1.807) is 0 Å². The van der Waals surface area contributed by atoms with Crippen molar-refractivity contribution >= 4 is 11.8 Å². The van der Waals surface area contributed by atoms with Crippen LogP contribution in [0.1, 0.15) is 65.2 Å². The summed E-state index contributed by atoms with van der Waals surface area (Å²) < 4.78 is 0. The van der Waals surface area contributed by atoms with Crippen LogP contribution in [0, 0.1) is 11.3 Å². The van der Waals surface area contributed by atoms with E-state index in [0.29, 0.717) is 13.0 Å². The molecular weight excluding hydrogens is 290 g/mol. The van der Waals surface area contributed by atoms with Crippen LogP contribution in [0.25, 0.3) is 0 Å². The molecule has 132 valence electrons. The summed E-state index contributed by atoms with van der Waals surface area (Å²) in [7, 11) is 0. The zero-order valence-electron chi connectivity index (χ0n) is 14.8. The molecule has 2 fully saturated rings. The molecule has 5 heteroatoms. The van der Waals surface area contributed by atoms with Crippen molar-refractivity contribution in [2.24, 2.45) is 17.1 Å². The maximum atomic E-state index is 12.4. The fourth-order valence-electron chi connectivity index (χ4n) is 3.98. The van der Waals surface area contributed by atoms with E-state index in [-0.39, 0.29) is 29.2 Å². The van der Waals surface area contributed by atoms with Gasteiger partial charge < -0.3 is 16.0 Å². The summed E-state index contributed by atoms with van der Waals surface area (Å²) in [6.07, 6.45) is 8.11. The van der Waals surface area contributed by atoms with E-state index < -0.39 is 0 Å². The van der Waals surface area contributed by atoms with E-state index in [4.69, 9.17) is 5.73 Å². The van der Waals surface area contributed by atoms with E-state index in [2.05, 4.69) is 5.32 Å². The highest BCUT2D eigenvalue weighted by atomic mass is 16.2. The lowest BCUT2D eigenvalue weighted by atomic mass is 9.71. The van der Waals surface area contributed by atoms with Crippen molar-refractivity contribution in [3.05, 3.63) is 0 Å². The van der Waals surface area contributed by atoms with E-state index >= 15 is 0 Å². The first-order valence-corrected chi connectivity index (χ1v) is 9.24. The minimum Gasteiger partial charge on any atom is -0.353 e. The molecule has 0 radical (unpaired) electrons. The number of likely N-dealkylation sites (tertiary alicyclic amines) is 1. The molecule has 0 atom stereocenters. The van der Waals surface area contributed by atoms with Crippen LogP contribution in [0.4, 0.5) is 0 Å². The molecule has 1 heterocycles. The van der Waals surface area contributed by atoms with Crippen molar-refractivity contribution in [2.75, 3.05) is 19.6 Å². The van der Waals surface area contributed by atoms with E-state index in [1.165, 1.54) is 19.3 Å². The lowest BCUT2D eigenvalue weighted by Gasteiger charge is -2.37. The number of amides is 2. The van der Waals surface area contributed by atoms with Gasteiger partial charge in [-0.15, -0.1) is 0 Å². The largest absolute Gasteiger partial charge is 0.353 e. The minimum absolute atomic E-state index is 0.0244. The topological polar surface area (TPSA) is 75.4 Å². The Kier molecular flexibility index (Phi) is 6.45. The number of nitrogens with zero attached hydrogens (tertiary/aromatic N) is 1. The van der Waals surface area contributed by atoms with Gasteiger partial charge in [0.05, 0.1) is 0 Å². The molecular formula is C18H33N3O2. The van der Waals surface area contributed by atoms with Gasteiger partial charge in [0.15, 0.2) is 0 Å². The average Bonchev–Trinajstić information content (AvgIpc) is 2.55. The van der Waals surface area contributed by atoms with E-state index in [1.807, 2.05) is 18.7 Å². The van der Waals surface area contributed by atoms with Gasteiger partial charge >= 0.3 is 0 Å². The van der Waals surface area contributed by atoms with Gasteiger partial charge in [-0.2, -0.15) is 0 Å².